The summed E-state index contributed by atoms with van der Waals surface area (Å²) in [6.45, 7) is 0.165. The number of carbonyl (C=O) groups excluding carboxylic acids is 1. The van der Waals surface area contributed by atoms with Crippen LogP contribution in [0, 0.1) is 5.82 Å². The molecule has 2 rings (SSSR count). The molecule has 0 saturated carbocycles. The lowest BCUT2D eigenvalue weighted by atomic mass is 10.1. The lowest BCUT2D eigenvalue weighted by Crippen LogP contribution is -2.28. The SMILES string of the molecule is O=C(NCC(O)c1ccc(F)cc1)OCc1ccccc1. The largest absolute Gasteiger partial charge is 0.445 e. The van der Waals surface area contributed by atoms with Gasteiger partial charge in [-0.2, -0.15) is 0 Å². The summed E-state index contributed by atoms with van der Waals surface area (Å²) in [5, 5.41) is 12.3. The average Bonchev–Trinajstić information content (AvgIpc) is 2.52. The summed E-state index contributed by atoms with van der Waals surface area (Å²) >= 11 is 0. The van der Waals surface area contributed by atoms with E-state index in [2.05, 4.69) is 5.32 Å². The van der Waals surface area contributed by atoms with Crippen molar-refractivity contribution in [2.75, 3.05) is 6.54 Å². The summed E-state index contributed by atoms with van der Waals surface area (Å²) < 4.78 is 17.8. The first-order chi connectivity index (χ1) is 10.1. The third-order valence-electron chi connectivity index (χ3n) is 2.91. The third-order valence-corrected chi connectivity index (χ3v) is 2.91. The van der Waals surface area contributed by atoms with Crippen molar-refractivity contribution in [1.82, 2.24) is 5.32 Å². The zero-order chi connectivity index (χ0) is 15.1. The Morgan fingerprint density at radius 3 is 2.48 bits per heavy atom. The fraction of sp³-hybridized carbons (Fsp3) is 0.188. The summed E-state index contributed by atoms with van der Waals surface area (Å²) in [5.74, 6) is -0.374. The Morgan fingerprint density at radius 2 is 1.81 bits per heavy atom. The first kappa shape index (κ1) is 15.0. The molecule has 1 amide bonds. The van der Waals surface area contributed by atoms with Gasteiger partial charge in [-0.05, 0) is 23.3 Å². The molecule has 1 atom stereocenters. The highest BCUT2D eigenvalue weighted by molar-refractivity contribution is 5.67. The molecular formula is C16H16FNO3. The van der Waals surface area contributed by atoms with E-state index in [1.54, 1.807) is 0 Å². The van der Waals surface area contributed by atoms with Gasteiger partial charge in [-0.3, -0.25) is 0 Å². The maximum absolute atomic E-state index is 12.8. The van der Waals surface area contributed by atoms with Crippen molar-refractivity contribution < 1.29 is 19.0 Å². The molecule has 2 aromatic carbocycles. The maximum Gasteiger partial charge on any atom is 0.407 e. The van der Waals surface area contributed by atoms with Gasteiger partial charge in [0.1, 0.15) is 12.4 Å². The molecule has 4 nitrogen and oxygen atoms in total. The predicted octanol–water partition coefficient (Wildman–Crippen LogP) is 2.79. The number of amides is 1. The third kappa shape index (κ3) is 4.89. The highest BCUT2D eigenvalue weighted by Crippen LogP contribution is 2.12. The molecule has 0 aliphatic heterocycles. The molecule has 0 heterocycles. The normalized spacial score (nSPS) is 11.7. The monoisotopic (exact) mass is 289 g/mol. The van der Waals surface area contributed by atoms with E-state index >= 15 is 0 Å². The van der Waals surface area contributed by atoms with Crippen LogP contribution in [0.25, 0.3) is 0 Å². The number of aliphatic hydroxyl groups excluding tert-OH is 1. The van der Waals surface area contributed by atoms with Gasteiger partial charge in [0.05, 0.1) is 12.6 Å². The fourth-order valence-electron chi connectivity index (χ4n) is 1.76. The minimum absolute atomic E-state index is 0.000739. The molecule has 110 valence electrons. The second-order valence-electron chi connectivity index (χ2n) is 4.51. The van der Waals surface area contributed by atoms with Crippen LogP contribution in [0.5, 0.6) is 0 Å². The van der Waals surface area contributed by atoms with E-state index in [1.807, 2.05) is 30.3 Å². The van der Waals surface area contributed by atoms with Gasteiger partial charge >= 0.3 is 6.09 Å². The molecular weight excluding hydrogens is 273 g/mol. The number of halogens is 1. The molecule has 5 heteroatoms. The van der Waals surface area contributed by atoms with Crippen LogP contribution in [0.4, 0.5) is 9.18 Å². The van der Waals surface area contributed by atoms with Crippen LogP contribution in [0.3, 0.4) is 0 Å². The van der Waals surface area contributed by atoms with Crippen molar-refractivity contribution in [3.63, 3.8) is 0 Å². The summed E-state index contributed by atoms with van der Waals surface area (Å²) in [6, 6.07) is 14.7. The molecule has 1 unspecified atom stereocenters. The van der Waals surface area contributed by atoms with Crippen molar-refractivity contribution >= 4 is 6.09 Å². The highest BCUT2D eigenvalue weighted by atomic mass is 19.1. The topological polar surface area (TPSA) is 58.6 Å². The summed E-state index contributed by atoms with van der Waals surface area (Å²) in [7, 11) is 0. The molecule has 0 bridgehead atoms. The van der Waals surface area contributed by atoms with Gasteiger partial charge < -0.3 is 15.2 Å². The summed E-state index contributed by atoms with van der Waals surface area (Å²) in [6.07, 6.45) is -1.52. The fourth-order valence-corrected chi connectivity index (χ4v) is 1.76. The van der Waals surface area contributed by atoms with Crippen molar-refractivity contribution in [2.45, 2.75) is 12.7 Å². The number of rotatable bonds is 5. The Balaban J connectivity index is 1.74. The molecule has 0 fully saturated rings. The van der Waals surface area contributed by atoms with Crippen LogP contribution >= 0.6 is 0 Å². The van der Waals surface area contributed by atoms with Crippen molar-refractivity contribution in [2.24, 2.45) is 0 Å². The van der Waals surface area contributed by atoms with Crippen molar-refractivity contribution in [3.05, 3.63) is 71.5 Å². The molecule has 0 aliphatic carbocycles. The van der Waals surface area contributed by atoms with Gasteiger partial charge in [0.15, 0.2) is 0 Å². The molecule has 0 aromatic heterocycles. The Kier molecular flexibility index (Phi) is 5.29. The van der Waals surface area contributed by atoms with E-state index in [-0.39, 0.29) is 19.0 Å². The van der Waals surface area contributed by atoms with E-state index in [1.165, 1.54) is 24.3 Å². The van der Waals surface area contributed by atoms with Gasteiger partial charge in [0.25, 0.3) is 0 Å². The zero-order valence-corrected chi connectivity index (χ0v) is 11.3. The van der Waals surface area contributed by atoms with Crippen molar-refractivity contribution in [3.8, 4) is 0 Å². The second-order valence-corrected chi connectivity index (χ2v) is 4.51. The molecule has 0 aliphatic rings. The van der Waals surface area contributed by atoms with E-state index in [4.69, 9.17) is 4.74 Å². The molecule has 21 heavy (non-hydrogen) atoms. The first-order valence-electron chi connectivity index (χ1n) is 6.53. The van der Waals surface area contributed by atoms with Crippen LogP contribution in [-0.2, 0) is 11.3 Å². The van der Waals surface area contributed by atoms with Gasteiger partial charge in [-0.1, -0.05) is 42.5 Å². The number of ether oxygens (including phenoxy) is 1. The number of aliphatic hydroxyl groups is 1. The molecule has 0 spiro atoms. The van der Waals surface area contributed by atoms with Crippen LogP contribution in [0.2, 0.25) is 0 Å². The number of hydrogen-bond acceptors (Lipinski definition) is 3. The van der Waals surface area contributed by atoms with Crippen LogP contribution < -0.4 is 5.32 Å². The summed E-state index contributed by atoms with van der Waals surface area (Å²) in [5.41, 5.74) is 1.41. The van der Waals surface area contributed by atoms with Crippen LogP contribution in [0.15, 0.2) is 54.6 Å². The lowest BCUT2D eigenvalue weighted by Gasteiger charge is -2.12. The van der Waals surface area contributed by atoms with Gasteiger partial charge in [0.2, 0.25) is 0 Å². The first-order valence-corrected chi connectivity index (χ1v) is 6.53. The molecule has 2 N–H and O–H groups in total. The number of benzene rings is 2. The predicted molar refractivity (Wildman–Crippen MR) is 76.0 cm³/mol. The molecule has 2 aromatic rings. The van der Waals surface area contributed by atoms with E-state index in [9.17, 15) is 14.3 Å². The van der Waals surface area contributed by atoms with Crippen LogP contribution in [-0.4, -0.2) is 17.7 Å². The maximum atomic E-state index is 12.8. The Bertz CT molecular complexity index is 572. The lowest BCUT2D eigenvalue weighted by molar-refractivity contribution is 0.126. The Hall–Kier alpha value is -2.40. The van der Waals surface area contributed by atoms with E-state index in [0.29, 0.717) is 5.56 Å². The molecule has 0 radical (unpaired) electrons. The number of carbonyl (C=O) groups is 1. The average molecular weight is 289 g/mol. The van der Waals surface area contributed by atoms with E-state index in [0.717, 1.165) is 5.56 Å². The Morgan fingerprint density at radius 1 is 1.14 bits per heavy atom. The van der Waals surface area contributed by atoms with Gasteiger partial charge in [-0.25, -0.2) is 9.18 Å². The second kappa shape index (κ2) is 7.40. The number of hydrogen-bond donors (Lipinski definition) is 2. The standard InChI is InChI=1S/C16H16FNO3/c17-14-8-6-13(7-9-14)15(19)10-18-16(20)21-11-12-4-2-1-3-5-12/h1-9,15,19H,10-11H2,(H,18,20). The van der Waals surface area contributed by atoms with Gasteiger partial charge in [0, 0.05) is 0 Å². The number of alkyl carbamates (subject to hydrolysis) is 1. The quantitative estimate of drug-likeness (QED) is 0.890. The van der Waals surface area contributed by atoms with Crippen molar-refractivity contribution in [1.29, 1.82) is 0 Å². The zero-order valence-electron chi connectivity index (χ0n) is 11.3. The highest BCUT2D eigenvalue weighted by Gasteiger charge is 2.10. The Labute approximate surface area is 122 Å². The molecule has 0 saturated heterocycles. The summed E-state index contributed by atoms with van der Waals surface area (Å²) in [4.78, 5) is 11.5. The minimum Gasteiger partial charge on any atom is -0.445 e. The van der Waals surface area contributed by atoms with Crippen LogP contribution in [0.1, 0.15) is 17.2 Å². The van der Waals surface area contributed by atoms with E-state index < -0.39 is 12.2 Å². The van der Waals surface area contributed by atoms with Gasteiger partial charge in [-0.15, -0.1) is 0 Å². The smallest absolute Gasteiger partial charge is 0.407 e. The minimum atomic E-state index is -0.908. The number of nitrogens with one attached hydrogen (secondary N) is 1.